The Hall–Kier alpha value is -4.14. The van der Waals surface area contributed by atoms with E-state index in [1.807, 2.05) is 29.1 Å². The van der Waals surface area contributed by atoms with Gasteiger partial charge >= 0.3 is 6.03 Å². The van der Waals surface area contributed by atoms with E-state index in [2.05, 4.69) is 16.2 Å². The Bertz CT molecular complexity index is 968. The highest BCUT2D eigenvalue weighted by atomic mass is 16.6. The molecule has 0 unspecified atom stereocenters. The lowest BCUT2D eigenvalue weighted by molar-refractivity contribution is -0.384. The van der Waals surface area contributed by atoms with Crippen molar-refractivity contribution >= 4 is 23.3 Å². The lowest BCUT2D eigenvalue weighted by Gasteiger charge is -2.09. The van der Waals surface area contributed by atoms with Crippen LogP contribution in [0.2, 0.25) is 0 Å². The lowest BCUT2D eigenvalue weighted by Crippen LogP contribution is -2.43. The van der Waals surface area contributed by atoms with Crippen LogP contribution in [0.15, 0.2) is 73.1 Å². The number of hydrazine groups is 1. The highest BCUT2D eigenvalue weighted by molar-refractivity contribution is 5.97. The van der Waals surface area contributed by atoms with Gasteiger partial charge in [0.05, 0.1) is 4.92 Å². The summed E-state index contributed by atoms with van der Waals surface area (Å²) in [6, 6.07) is 15.3. The van der Waals surface area contributed by atoms with Crippen LogP contribution in [0, 0.1) is 10.1 Å². The Kier molecular flexibility index (Phi) is 5.12. The Morgan fingerprint density at radius 1 is 0.926 bits per heavy atom. The molecule has 3 N–H and O–H groups in total. The van der Waals surface area contributed by atoms with Crippen LogP contribution in [0.25, 0.3) is 5.69 Å². The molecule has 0 aliphatic heterocycles. The summed E-state index contributed by atoms with van der Waals surface area (Å²) in [5, 5.41) is 13.1. The van der Waals surface area contributed by atoms with Crippen LogP contribution in [-0.2, 0) is 0 Å². The predicted molar refractivity (Wildman–Crippen MR) is 98.5 cm³/mol. The molecule has 3 rings (SSSR count). The van der Waals surface area contributed by atoms with Crippen LogP contribution in [0.3, 0.4) is 0 Å². The number of nitro groups is 1. The number of hydrogen-bond donors (Lipinski definition) is 3. The minimum atomic E-state index is -0.729. The number of aromatic nitrogens is 1. The van der Waals surface area contributed by atoms with E-state index in [0.29, 0.717) is 5.56 Å². The van der Waals surface area contributed by atoms with Crippen LogP contribution >= 0.6 is 0 Å². The topological polar surface area (TPSA) is 118 Å². The van der Waals surface area contributed by atoms with Crippen LogP contribution in [0.1, 0.15) is 10.4 Å². The third kappa shape index (κ3) is 4.48. The average Bonchev–Trinajstić information content (AvgIpc) is 3.21. The van der Waals surface area contributed by atoms with Gasteiger partial charge in [0.15, 0.2) is 0 Å². The molecule has 0 aliphatic rings. The second kappa shape index (κ2) is 7.83. The number of carbonyl (C=O) groups excluding carboxylic acids is 2. The quantitative estimate of drug-likeness (QED) is 0.486. The molecule has 0 aliphatic carbocycles. The largest absolute Gasteiger partial charge is 0.337 e. The zero-order chi connectivity index (χ0) is 19.2. The van der Waals surface area contributed by atoms with Crippen molar-refractivity contribution in [1.29, 1.82) is 0 Å². The number of non-ortho nitro benzene ring substituents is 1. The first-order valence-electron chi connectivity index (χ1n) is 7.88. The van der Waals surface area contributed by atoms with Crippen molar-refractivity contribution in [3.63, 3.8) is 0 Å². The van der Waals surface area contributed by atoms with E-state index < -0.39 is 16.9 Å². The van der Waals surface area contributed by atoms with Crippen LogP contribution < -0.4 is 16.2 Å². The van der Waals surface area contributed by atoms with Crippen molar-refractivity contribution in [2.24, 2.45) is 0 Å². The monoisotopic (exact) mass is 365 g/mol. The number of hydrogen-bond acceptors (Lipinski definition) is 4. The van der Waals surface area contributed by atoms with Gasteiger partial charge in [0.25, 0.3) is 11.6 Å². The fraction of sp³-hybridized carbons (Fsp3) is 0. The molecule has 2 aromatic carbocycles. The Morgan fingerprint density at radius 3 is 2.30 bits per heavy atom. The fourth-order valence-corrected chi connectivity index (χ4v) is 2.34. The second-order valence-corrected chi connectivity index (χ2v) is 5.48. The molecule has 0 saturated carbocycles. The lowest BCUT2D eigenvalue weighted by atomic mass is 10.2. The predicted octanol–water partition coefficient (Wildman–Crippen LogP) is 2.85. The highest BCUT2D eigenvalue weighted by Crippen LogP contribution is 2.16. The number of carbonyl (C=O) groups is 2. The summed E-state index contributed by atoms with van der Waals surface area (Å²) in [5.74, 6) is -0.497. The molecule has 0 spiro atoms. The van der Waals surface area contributed by atoms with Crippen LogP contribution in [0.4, 0.5) is 16.2 Å². The van der Waals surface area contributed by atoms with Gasteiger partial charge in [-0.15, -0.1) is 0 Å². The molecule has 136 valence electrons. The summed E-state index contributed by atoms with van der Waals surface area (Å²) >= 11 is 0. The number of anilines is 1. The molecule has 27 heavy (non-hydrogen) atoms. The van der Waals surface area contributed by atoms with Crippen molar-refractivity contribution in [2.45, 2.75) is 0 Å². The Labute approximate surface area is 153 Å². The first-order valence-corrected chi connectivity index (χ1v) is 7.88. The summed E-state index contributed by atoms with van der Waals surface area (Å²) in [4.78, 5) is 34.1. The molecular weight excluding hydrogens is 350 g/mol. The number of nitro benzene ring substituents is 1. The van der Waals surface area contributed by atoms with Gasteiger partial charge in [-0.2, -0.15) is 0 Å². The van der Waals surface area contributed by atoms with Gasteiger partial charge in [-0.1, -0.05) is 6.07 Å². The molecule has 9 nitrogen and oxygen atoms in total. The van der Waals surface area contributed by atoms with Crippen LogP contribution in [-0.4, -0.2) is 21.4 Å². The van der Waals surface area contributed by atoms with E-state index in [0.717, 1.165) is 5.69 Å². The summed E-state index contributed by atoms with van der Waals surface area (Å²) < 4.78 is 1.90. The van der Waals surface area contributed by atoms with E-state index in [4.69, 9.17) is 0 Å². The average molecular weight is 365 g/mol. The molecule has 0 saturated heterocycles. The summed E-state index contributed by atoms with van der Waals surface area (Å²) in [6.07, 6.45) is 3.77. The van der Waals surface area contributed by atoms with Gasteiger partial charge in [0.2, 0.25) is 0 Å². The van der Waals surface area contributed by atoms with Gasteiger partial charge in [0.1, 0.15) is 0 Å². The summed E-state index contributed by atoms with van der Waals surface area (Å²) in [5.41, 5.74) is 5.80. The maximum atomic E-state index is 12.1. The first-order chi connectivity index (χ1) is 13.0. The van der Waals surface area contributed by atoms with Gasteiger partial charge in [-0.3, -0.25) is 20.3 Å². The molecule has 1 heterocycles. The molecule has 0 bridgehead atoms. The number of rotatable bonds is 4. The number of nitrogens with one attached hydrogen (secondary N) is 3. The van der Waals surface area contributed by atoms with Gasteiger partial charge in [-0.05, 0) is 42.5 Å². The molecule has 3 amide bonds. The maximum Gasteiger partial charge on any atom is 0.337 e. The van der Waals surface area contributed by atoms with E-state index in [1.54, 1.807) is 24.3 Å². The third-order valence-corrected chi connectivity index (χ3v) is 3.64. The van der Waals surface area contributed by atoms with E-state index in [-0.39, 0.29) is 11.4 Å². The van der Waals surface area contributed by atoms with Gasteiger partial charge in [-0.25, -0.2) is 10.2 Å². The van der Waals surface area contributed by atoms with Crippen LogP contribution in [0.5, 0.6) is 0 Å². The highest BCUT2D eigenvalue weighted by Gasteiger charge is 2.10. The number of nitrogens with zero attached hydrogens (tertiary/aromatic N) is 2. The summed E-state index contributed by atoms with van der Waals surface area (Å²) in [7, 11) is 0. The SMILES string of the molecule is O=C(NNC(=O)c1ccc(-n2cccc2)cc1)Nc1cccc([N+](=O)[O-])c1. The molecule has 1 aromatic heterocycles. The smallest absolute Gasteiger partial charge is 0.324 e. The minimum absolute atomic E-state index is 0.153. The molecular formula is C18H15N5O4. The molecule has 9 heteroatoms. The minimum Gasteiger partial charge on any atom is -0.324 e. The normalized spacial score (nSPS) is 10.1. The second-order valence-electron chi connectivity index (χ2n) is 5.48. The zero-order valence-electron chi connectivity index (χ0n) is 14.0. The standard InChI is InChI=1S/C18H15N5O4/c24-17(13-6-8-15(9-7-13)22-10-1-2-11-22)20-21-18(25)19-14-4-3-5-16(12-14)23(26)27/h1-12H,(H,20,24)(H2,19,21,25). The summed E-state index contributed by atoms with van der Waals surface area (Å²) in [6.45, 7) is 0. The van der Waals surface area contributed by atoms with Gasteiger partial charge in [0, 0.05) is 41.5 Å². The van der Waals surface area contributed by atoms with Crippen molar-refractivity contribution in [3.05, 3.63) is 88.7 Å². The maximum absolute atomic E-state index is 12.1. The molecule has 0 radical (unpaired) electrons. The van der Waals surface area contributed by atoms with Crippen molar-refractivity contribution in [2.75, 3.05) is 5.32 Å². The van der Waals surface area contributed by atoms with Gasteiger partial charge < -0.3 is 9.88 Å². The first kappa shape index (κ1) is 17.7. The van der Waals surface area contributed by atoms with E-state index in [9.17, 15) is 19.7 Å². The third-order valence-electron chi connectivity index (χ3n) is 3.64. The van der Waals surface area contributed by atoms with Crippen molar-refractivity contribution in [3.8, 4) is 5.69 Å². The molecule has 0 atom stereocenters. The number of urea groups is 1. The Balaban J connectivity index is 1.55. The van der Waals surface area contributed by atoms with Crippen molar-refractivity contribution < 1.29 is 14.5 Å². The molecule has 3 aromatic rings. The number of benzene rings is 2. The number of amides is 3. The Morgan fingerprint density at radius 2 is 1.63 bits per heavy atom. The van der Waals surface area contributed by atoms with E-state index >= 15 is 0 Å². The van der Waals surface area contributed by atoms with E-state index in [1.165, 1.54) is 24.3 Å². The fourth-order valence-electron chi connectivity index (χ4n) is 2.34. The van der Waals surface area contributed by atoms with Crippen molar-refractivity contribution in [1.82, 2.24) is 15.4 Å². The zero-order valence-corrected chi connectivity index (χ0v) is 14.0. The molecule has 0 fully saturated rings.